The molecule has 0 aromatic carbocycles. The van der Waals surface area contributed by atoms with Crippen molar-refractivity contribution in [3.05, 3.63) is 0 Å². The summed E-state index contributed by atoms with van der Waals surface area (Å²) in [5.74, 6) is -0.0101. The van der Waals surface area contributed by atoms with Gasteiger partial charge in [-0.05, 0) is 19.8 Å². The second kappa shape index (κ2) is 6.00. The monoisotopic (exact) mass is 322 g/mol. The van der Waals surface area contributed by atoms with Crippen LogP contribution in [0, 0.1) is 0 Å². The Balaban J connectivity index is 2.13. The molecular formula is C15H25F3N2O2. The van der Waals surface area contributed by atoms with E-state index in [1.807, 2.05) is 4.90 Å². The molecule has 1 amide bonds. The highest BCUT2D eigenvalue weighted by atomic mass is 19.4. The fraction of sp³-hybridized carbons (Fsp3) is 0.933. The summed E-state index contributed by atoms with van der Waals surface area (Å²) in [5.41, 5.74) is -3.08. The van der Waals surface area contributed by atoms with E-state index >= 15 is 0 Å². The largest absolute Gasteiger partial charge is 0.418 e. The highest BCUT2D eigenvalue weighted by Crippen LogP contribution is 2.38. The van der Waals surface area contributed by atoms with Crippen LogP contribution in [0.4, 0.5) is 13.2 Å². The number of hydrogen-bond donors (Lipinski definition) is 1. The molecule has 1 N–H and O–H groups in total. The van der Waals surface area contributed by atoms with E-state index in [0.717, 1.165) is 39.0 Å². The van der Waals surface area contributed by atoms with Crippen LogP contribution in [0.1, 0.15) is 46.0 Å². The summed E-state index contributed by atoms with van der Waals surface area (Å²) in [7, 11) is 0. The topological polar surface area (TPSA) is 43.8 Å². The van der Waals surface area contributed by atoms with E-state index in [-0.39, 0.29) is 11.4 Å². The van der Waals surface area contributed by atoms with Crippen molar-refractivity contribution in [3.8, 4) is 0 Å². The zero-order valence-corrected chi connectivity index (χ0v) is 13.2. The van der Waals surface area contributed by atoms with E-state index in [9.17, 15) is 23.1 Å². The Hall–Kier alpha value is -0.820. The van der Waals surface area contributed by atoms with Crippen LogP contribution in [0.15, 0.2) is 0 Å². The average molecular weight is 322 g/mol. The minimum absolute atomic E-state index is 0.0101. The summed E-state index contributed by atoms with van der Waals surface area (Å²) in [6.45, 7) is 3.12. The van der Waals surface area contributed by atoms with Gasteiger partial charge in [0.1, 0.15) is 0 Å². The molecule has 1 saturated heterocycles. The Labute approximate surface area is 129 Å². The first-order valence-electron chi connectivity index (χ1n) is 7.87. The predicted octanol–water partition coefficient (Wildman–Crippen LogP) is 2.17. The predicted molar refractivity (Wildman–Crippen MR) is 76.3 cm³/mol. The maximum Gasteiger partial charge on any atom is 0.418 e. The lowest BCUT2D eigenvalue weighted by atomic mass is 9.78. The van der Waals surface area contributed by atoms with Gasteiger partial charge >= 0.3 is 6.18 Å². The summed E-state index contributed by atoms with van der Waals surface area (Å²) in [4.78, 5) is 15.4. The van der Waals surface area contributed by atoms with Gasteiger partial charge in [-0.25, -0.2) is 0 Å². The summed E-state index contributed by atoms with van der Waals surface area (Å²) in [6.07, 6.45) is 0.104. The number of rotatable bonds is 2. The molecule has 1 unspecified atom stereocenters. The average Bonchev–Trinajstić information content (AvgIpc) is 2.37. The molecule has 4 nitrogen and oxygen atoms in total. The van der Waals surface area contributed by atoms with Crippen molar-refractivity contribution >= 4 is 5.91 Å². The molecule has 1 atom stereocenters. The van der Waals surface area contributed by atoms with E-state index in [2.05, 4.69) is 0 Å². The number of β-amino-alcohol motifs (C(OH)–C–C–N with tert-alkyl or cyclic N) is 1. The number of carbonyl (C=O) groups excluding carboxylic acids is 1. The Morgan fingerprint density at radius 3 is 2.27 bits per heavy atom. The van der Waals surface area contributed by atoms with Crippen LogP contribution in [0.3, 0.4) is 0 Å². The smallest absolute Gasteiger partial charge is 0.380 e. The van der Waals surface area contributed by atoms with Gasteiger partial charge in [-0.3, -0.25) is 9.69 Å². The normalized spacial score (nSPS) is 26.0. The van der Waals surface area contributed by atoms with Gasteiger partial charge in [0.05, 0.1) is 5.54 Å². The van der Waals surface area contributed by atoms with Crippen molar-refractivity contribution in [1.82, 2.24) is 9.80 Å². The van der Waals surface area contributed by atoms with Crippen molar-refractivity contribution in [2.75, 3.05) is 26.2 Å². The second-order valence-corrected chi connectivity index (χ2v) is 6.94. The number of piperazine rings is 1. The molecule has 1 aliphatic heterocycles. The number of hydrogen-bond acceptors (Lipinski definition) is 3. The molecule has 2 aliphatic rings. The summed E-state index contributed by atoms with van der Waals surface area (Å²) in [5, 5.41) is 9.72. The second-order valence-electron chi connectivity index (χ2n) is 6.94. The standard InChI is InChI=1S/C15H25F3N2O2/c1-12(21)20-9-8-19(10-13(2,22)15(16,17)18)11-14(20)6-4-3-5-7-14/h22H,3-11H2,1-2H3. The molecule has 22 heavy (non-hydrogen) atoms. The molecule has 0 aromatic heterocycles. The van der Waals surface area contributed by atoms with E-state index in [4.69, 9.17) is 0 Å². The molecule has 2 fully saturated rings. The molecule has 1 saturated carbocycles. The summed E-state index contributed by atoms with van der Waals surface area (Å²) < 4.78 is 38.7. The zero-order chi connectivity index (χ0) is 16.6. The first-order valence-corrected chi connectivity index (χ1v) is 7.87. The van der Waals surface area contributed by atoms with Crippen LogP contribution >= 0.6 is 0 Å². The third kappa shape index (κ3) is 3.40. The number of alkyl halides is 3. The van der Waals surface area contributed by atoms with Gasteiger partial charge in [-0.1, -0.05) is 19.3 Å². The summed E-state index contributed by atoms with van der Waals surface area (Å²) in [6, 6.07) is 0. The van der Waals surface area contributed by atoms with Crippen molar-refractivity contribution in [1.29, 1.82) is 0 Å². The first-order chi connectivity index (χ1) is 10.1. The highest BCUT2D eigenvalue weighted by molar-refractivity contribution is 5.74. The Morgan fingerprint density at radius 1 is 1.18 bits per heavy atom. The van der Waals surface area contributed by atoms with Gasteiger partial charge in [0.25, 0.3) is 0 Å². The van der Waals surface area contributed by atoms with Crippen LogP contribution in [-0.2, 0) is 4.79 Å². The van der Waals surface area contributed by atoms with Crippen molar-refractivity contribution in [3.63, 3.8) is 0 Å². The molecular weight excluding hydrogens is 297 g/mol. The van der Waals surface area contributed by atoms with Crippen molar-refractivity contribution < 1.29 is 23.1 Å². The summed E-state index contributed by atoms with van der Waals surface area (Å²) >= 11 is 0. The van der Waals surface area contributed by atoms with E-state index in [1.54, 1.807) is 4.90 Å². The minimum atomic E-state index is -4.65. The van der Waals surface area contributed by atoms with Gasteiger partial charge < -0.3 is 10.0 Å². The van der Waals surface area contributed by atoms with Crippen LogP contribution in [0.2, 0.25) is 0 Å². The lowest BCUT2D eigenvalue weighted by Gasteiger charge is -2.53. The lowest BCUT2D eigenvalue weighted by molar-refractivity contribution is -0.259. The maximum atomic E-state index is 12.9. The van der Waals surface area contributed by atoms with Gasteiger partial charge in [-0.2, -0.15) is 13.2 Å². The lowest BCUT2D eigenvalue weighted by Crippen LogP contribution is -2.66. The fourth-order valence-electron chi connectivity index (χ4n) is 3.85. The molecule has 1 aliphatic carbocycles. The van der Waals surface area contributed by atoms with E-state index in [0.29, 0.717) is 19.6 Å². The fourth-order valence-corrected chi connectivity index (χ4v) is 3.85. The van der Waals surface area contributed by atoms with Crippen molar-refractivity contribution in [2.24, 2.45) is 0 Å². The first kappa shape index (κ1) is 17.5. The number of halogens is 3. The van der Waals surface area contributed by atoms with Gasteiger partial charge in [-0.15, -0.1) is 0 Å². The zero-order valence-electron chi connectivity index (χ0n) is 13.2. The molecule has 1 spiro atoms. The highest BCUT2D eigenvalue weighted by Gasteiger charge is 2.52. The molecule has 7 heteroatoms. The molecule has 2 rings (SSSR count). The van der Waals surface area contributed by atoms with Gasteiger partial charge in [0, 0.05) is 33.1 Å². The molecule has 0 radical (unpaired) electrons. The third-order valence-electron chi connectivity index (χ3n) is 5.04. The molecule has 128 valence electrons. The number of aliphatic hydroxyl groups is 1. The number of carbonyl (C=O) groups is 1. The SMILES string of the molecule is CC(=O)N1CCN(CC(C)(O)C(F)(F)F)CC12CCCCC2. The molecule has 0 bridgehead atoms. The van der Waals surface area contributed by atoms with Crippen LogP contribution in [0.25, 0.3) is 0 Å². The quantitative estimate of drug-likeness (QED) is 0.847. The van der Waals surface area contributed by atoms with Crippen molar-refractivity contribution in [2.45, 2.75) is 63.3 Å². The molecule has 1 heterocycles. The number of amides is 1. The number of nitrogens with zero attached hydrogens (tertiary/aromatic N) is 2. The van der Waals surface area contributed by atoms with E-state index < -0.39 is 18.3 Å². The van der Waals surface area contributed by atoms with Crippen LogP contribution in [0.5, 0.6) is 0 Å². The van der Waals surface area contributed by atoms with Crippen LogP contribution in [-0.4, -0.2) is 64.3 Å². The van der Waals surface area contributed by atoms with E-state index in [1.165, 1.54) is 6.92 Å². The maximum absolute atomic E-state index is 12.9. The Morgan fingerprint density at radius 2 is 1.77 bits per heavy atom. The Bertz CT molecular complexity index is 418. The van der Waals surface area contributed by atoms with Gasteiger partial charge in [0.15, 0.2) is 5.60 Å². The minimum Gasteiger partial charge on any atom is -0.380 e. The molecule has 0 aromatic rings. The Kier molecular flexibility index (Phi) is 4.78. The third-order valence-corrected chi connectivity index (χ3v) is 5.04. The van der Waals surface area contributed by atoms with Gasteiger partial charge in [0.2, 0.25) is 5.91 Å². The van der Waals surface area contributed by atoms with Crippen LogP contribution < -0.4 is 0 Å².